The second kappa shape index (κ2) is 3.13. The van der Waals surface area contributed by atoms with Crippen molar-refractivity contribution in [2.75, 3.05) is 13.0 Å². The number of benzene rings is 1. The van der Waals surface area contributed by atoms with Crippen LogP contribution in [0.1, 0.15) is 24.8 Å². The lowest BCUT2D eigenvalue weighted by molar-refractivity contribution is -0.122. The molecule has 3 aliphatic carbocycles. The van der Waals surface area contributed by atoms with E-state index >= 15 is 0 Å². The summed E-state index contributed by atoms with van der Waals surface area (Å²) in [6.07, 6.45) is 3.36. The second-order valence-corrected chi connectivity index (χ2v) is 5.56. The van der Waals surface area contributed by atoms with Gasteiger partial charge in [-0.3, -0.25) is 0 Å². The average molecular weight is 241 g/mol. The number of methoxy groups -OCH3 is 1. The van der Waals surface area contributed by atoms with Gasteiger partial charge in [-0.15, -0.1) is 11.6 Å². The lowest BCUT2D eigenvalue weighted by Crippen LogP contribution is -2.65. The molecule has 16 heavy (non-hydrogen) atoms. The molecule has 3 fully saturated rings. The molecule has 0 N–H and O–H groups in total. The maximum Gasteiger partial charge on any atom is 0.165 e. The summed E-state index contributed by atoms with van der Waals surface area (Å²) in [6.45, 7) is 0. The van der Waals surface area contributed by atoms with Crippen molar-refractivity contribution in [3.63, 3.8) is 0 Å². The lowest BCUT2D eigenvalue weighted by Gasteiger charge is -2.70. The van der Waals surface area contributed by atoms with Gasteiger partial charge in [-0.25, -0.2) is 4.39 Å². The van der Waals surface area contributed by atoms with Crippen LogP contribution in [0.5, 0.6) is 5.75 Å². The Kier molecular flexibility index (Phi) is 2.03. The van der Waals surface area contributed by atoms with Crippen molar-refractivity contribution in [1.82, 2.24) is 0 Å². The fraction of sp³-hybridized carbons (Fsp3) is 0.538. The number of rotatable bonds is 3. The van der Waals surface area contributed by atoms with E-state index in [0.29, 0.717) is 11.2 Å². The molecule has 0 heterocycles. The summed E-state index contributed by atoms with van der Waals surface area (Å²) < 4.78 is 18.5. The number of hydrogen-bond donors (Lipinski definition) is 0. The van der Waals surface area contributed by atoms with Crippen molar-refractivity contribution >= 4 is 11.6 Å². The van der Waals surface area contributed by atoms with Crippen molar-refractivity contribution in [2.24, 2.45) is 5.41 Å². The molecule has 1 nitrogen and oxygen atoms in total. The van der Waals surface area contributed by atoms with Gasteiger partial charge in [-0.1, -0.05) is 6.07 Å². The zero-order valence-corrected chi connectivity index (χ0v) is 9.98. The van der Waals surface area contributed by atoms with Crippen molar-refractivity contribution in [3.05, 3.63) is 29.6 Å². The van der Waals surface area contributed by atoms with Crippen LogP contribution < -0.4 is 4.74 Å². The molecule has 86 valence electrons. The third kappa shape index (κ3) is 1.17. The summed E-state index contributed by atoms with van der Waals surface area (Å²) in [5.41, 5.74) is 1.71. The van der Waals surface area contributed by atoms with Crippen molar-refractivity contribution in [1.29, 1.82) is 0 Å². The highest BCUT2D eigenvalue weighted by Crippen LogP contribution is 2.73. The van der Waals surface area contributed by atoms with Gasteiger partial charge >= 0.3 is 0 Å². The molecular formula is C13H14ClFO. The molecule has 2 bridgehead atoms. The minimum absolute atomic E-state index is 0.224. The molecule has 1 aromatic rings. The third-order valence-corrected chi connectivity index (χ3v) is 4.75. The molecule has 0 atom stereocenters. The van der Waals surface area contributed by atoms with Crippen LogP contribution in [-0.4, -0.2) is 13.0 Å². The molecule has 1 aromatic carbocycles. The summed E-state index contributed by atoms with van der Waals surface area (Å²) in [7, 11) is 1.49. The molecule has 3 aliphatic rings. The highest BCUT2D eigenvalue weighted by atomic mass is 35.5. The van der Waals surface area contributed by atoms with Crippen molar-refractivity contribution in [2.45, 2.75) is 24.7 Å². The van der Waals surface area contributed by atoms with Gasteiger partial charge in [0.1, 0.15) is 0 Å². The first kappa shape index (κ1) is 10.4. The molecule has 3 heteroatoms. The molecule has 0 unspecified atom stereocenters. The van der Waals surface area contributed by atoms with Crippen molar-refractivity contribution in [3.8, 4) is 5.75 Å². The van der Waals surface area contributed by atoms with E-state index < -0.39 is 0 Å². The molecule has 0 aromatic heterocycles. The van der Waals surface area contributed by atoms with Crippen LogP contribution in [0, 0.1) is 11.2 Å². The standard InChI is InChI=1S/C13H14ClFO/c1-16-11-3-2-9(4-10(11)15)13-5-12(6-13,7-13)8-14/h2-4H,5-8H2,1H3. The largest absolute Gasteiger partial charge is 0.494 e. The van der Waals surface area contributed by atoms with Gasteiger partial charge in [0.05, 0.1) is 7.11 Å². The first-order chi connectivity index (χ1) is 7.63. The highest BCUT2D eigenvalue weighted by Gasteiger charge is 2.67. The van der Waals surface area contributed by atoms with Crippen LogP contribution >= 0.6 is 11.6 Å². The summed E-state index contributed by atoms with van der Waals surface area (Å²) in [5, 5.41) is 0. The number of ether oxygens (including phenoxy) is 1. The van der Waals surface area contributed by atoms with Gasteiger partial charge < -0.3 is 4.74 Å². The predicted octanol–water partition coefficient (Wildman–Crippen LogP) is 3.49. The Labute approximate surface area is 99.6 Å². The molecule has 3 saturated carbocycles. The van der Waals surface area contributed by atoms with E-state index in [1.165, 1.54) is 7.11 Å². The normalized spacial score (nSPS) is 35.2. The Morgan fingerprint density at radius 2 is 2.06 bits per heavy atom. The zero-order chi connectivity index (χ0) is 11.4. The Morgan fingerprint density at radius 3 is 2.56 bits per heavy atom. The maximum absolute atomic E-state index is 13.6. The van der Waals surface area contributed by atoms with Gasteiger partial charge in [0.25, 0.3) is 0 Å². The number of halogens is 2. The third-order valence-electron chi connectivity index (χ3n) is 4.19. The van der Waals surface area contributed by atoms with Crippen LogP contribution in [0.4, 0.5) is 4.39 Å². The summed E-state index contributed by atoms with van der Waals surface area (Å²) >= 11 is 5.92. The van der Waals surface area contributed by atoms with Gasteiger partial charge in [-0.05, 0) is 47.8 Å². The quantitative estimate of drug-likeness (QED) is 0.735. The SMILES string of the molecule is COc1ccc(C23CC(CCl)(C2)C3)cc1F. The second-order valence-electron chi connectivity index (χ2n) is 5.29. The number of hydrogen-bond acceptors (Lipinski definition) is 1. The first-order valence-corrected chi connectivity index (χ1v) is 6.07. The minimum atomic E-state index is -0.260. The van der Waals surface area contributed by atoms with E-state index in [0.717, 1.165) is 30.7 Å². The maximum atomic E-state index is 13.6. The predicted molar refractivity (Wildman–Crippen MR) is 61.6 cm³/mol. The van der Waals surface area contributed by atoms with Gasteiger partial charge in [0.2, 0.25) is 0 Å². The molecule has 0 aliphatic heterocycles. The smallest absolute Gasteiger partial charge is 0.165 e. The van der Waals surface area contributed by atoms with Gasteiger partial charge in [0.15, 0.2) is 11.6 Å². The van der Waals surface area contributed by atoms with Gasteiger partial charge in [-0.2, -0.15) is 0 Å². The Hall–Kier alpha value is -0.760. The summed E-state index contributed by atoms with van der Waals surface area (Å²) in [6, 6.07) is 5.33. The molecule has 0 amide bonds. The van der Waals surface area contributed by atoms with Crippen molar-refractivity contribution < 1.29 is 9.13 Å². The average Bonchev–Trinajstić information content (AvgIpc) is 2.15. The minimum Gasteiger partial charge on any atom is -0.494 e. The molecular weight excluding hydrogens is 227 g/mol. The van der Waals surface area contributed by atoms with Crippen LogP contribution in [0.3, 0.4) is 0 Å². The fourth-order valence-electron chi connectivity index (χ4n) is 3.44. The Morgan fingerprint density at radius 1 is 1.38 bits per heavy atom. The molecule has 0 spiro atoms. The lowest BCUT2D eigenvalue weighted by atomic mass is 9.34. The van der Waals surface area contributed by atoms with Crippen LogP contribution in [-0.2, 0) is 5.41 Å². The first-order valence-electron chi connectivity index (χ1n) is 5.53. The Balaban J connectivity index is 1.85. The van der Waals surface area contributed by atoms with E-state index in [4.69, 9.17) is 16.3 Å². The summed E-state index contributed by atoms with van der Waals surface area (Å²) in [4.78, 5) is 0. The van der Waals surface area contributed by atoms with E-state index in [1.807, 2.05) is 6.07 Å². The van der Waals surface area contributed by atoms with Crippen LogP contribution in [0.25, 0.3) is 0 Å². The monoisotopic (exact) mass is 240 g/mol. The zero-order valence-electron chi connectivity index (χ0n) is 9.22. The van der Waals surface area contributed by atoms with E-state index in [2.05, 4.69) is 0 Å². The van der Waals surface area contributed by atoms with E-state index in [1.54, 1.807) is 12.1 Å². The van der Waals surface area contributed by atoms with Crippen LogP contribution in [0.15, 0.2) is 18.2 Å². The molecule has 4 rings (SSSR count). The van der Waals surface area contributed by atoms with Crippen LogP contribution in [0.2, 0.25) is 0 Å². The summed E-state index contributed by atoms with van der Waals surface area (Å²) in [5.74, 6) is 0.806. The van der Waals surface area contributed by atoms with E-state index in [-0.39, 0.29) is 11.2 Å². The molecule has 0 radical (unpaired) electrons. The Bertz CT molecular complexity index is 424. The highest BCUT2D eigenvalue weighted by molar-refractivity contribution is 6.18. The fourth-order valence-corrected chi connectivity index (χ4v) is 3.73. The molecule has 0 saturated heterocycles. The topological polar surface area (TPSA) is 9.23 Å². The number of alkyl halides is 1. The van der Waals surface area contributed by atoms with E-state index in [9.17, 15) is 4.39 Å². The van der Waals surface area contributed by atoms with Gasteiger partial charge in [0, 0.05) is 5.88 Å².